The van der Waals surface area contributed by atoms with Crippen LogP contribution >= 0.6 is 0 Å². The van der Waals surface area contributed by atoms with E-state index in [0.29, 0.717) is 5.56 Å². The molecule has 2 aromatic heterocycles. The van der Waals surface area contributed by atoms with Crippen molar-refractivity contribution in [2.75, 3.05) is 33.2 Å². The zero-order chi connectivity index (χ0) is 21.9. The summed E-state index contributed by atoms with van der Waals surface area (Å²) in [6, 6.07) is 24.8. The molecule has 5 rings (SSSR count). The second-order valence-electron chi connectivity index (χ2n) is 8.51. The Morgan fingerprint density at radius 2 is 1.69 bits per heavy atom. The summed E-state index contributed by atoms with van der Waals surface area (Å²) < 4.78 is 2.22. The molecule has 5 nitrogen and oxygen atoms in total. The number of hydrogen-bond acceptors (Lipinski definition) is 4. The van der Waals surface area contributed by atoms with Crippen LogP contribution in [0.25, 0.3) is 28.0 Å². The second kappa shape index (κ2) is 8.96. The summed E-state index contributed by atoms with van der Waals surface area (Å²) in [4.78, 5) is 9.92. The van der Waals surface area contributed by atoms with Gasteiger partial charge in [-0.3, -0.25) is 4.90 Å². The molecule has 160 valence electrons. The molecule has 0 bridgehead atoms. The van der Waals surface area contributed by atoms with Gasteiger partial charge < -0.3 is 9.30 Å². The fraction of sp³-hybridized carbons (Fsp3) is 0.259. The van der Waals surface area contributed by atoms with E-state index in [1.54, 1.807) is 0 Å². The highest BCUT2D eigenvalue weighted by molar-refractivity contribution is 5.73. The average Bonchev–Trinajstić information content (AvgIpc) is 3.06. The van der Waals surface area contributed by atoms with E-state index in [0.717, 1.165) is 67.3 Å². The molecule has 0 N–H and O–H groups in total. The molecule has 4 aromatic rings. The molecule has 1 aliphatic rings. The average molecular weight is 422 g/mol. The molecule has 2 aromatic carbocycles. The van der Waals surface area contributed by atoms with Crippen LogP contribution in [0.5, 0.6) is 0 Å². The SMILES string of the molecule is CN1CCCN(Cc2c(-c3ccccc3C#N)nc3ccc(-c4ccccc4)cn23)CC1. The minimum atomic E-state index is 0.663. The van der Waals surface area contributed by atoms with Crippen LogP contribution in [0, 0.1) is 11.3 Å². The van der Waals surface area contributed by atoms with E-state index < -0.39 is 0 Å². The fourth-order valence-corrected chi connectivity index (χ4v) is 4.52. The predicted octanol–water partition coefficient (Wildman–Crippen LogP) is 4.68. The number of rotatable bonds is 4. The standard InChI is InChI=1S/C27H27N5/c1-30-14-7-15-31(17-16-30)20-25-27(24-11-6-5-10-22(24)18-28)29-26-13-12-23(19-32(25)26)21-8-3-2-4-9-21/h2-6,8-13,19H,7,14-17,20H2,1H3. The molecule has 5 heteroatoms. The molecular formula is C27H27N5. The fourth-order valence-electron chi connectivity index (χ4n) is 4.52. The normalized spacial score (nSPS) is 15.5. The van der Waals surface area contributed by atoms with E-state index in [-0.39, 0.29) is 0 Å². The minimum Gasteiger partial charge on any atom is -0.305 e. The van der Waals surface area contributed by atoms with Crippen LogP contribution < -0.4 is 0 Å². The summed E-state index contributed by atoms with van der Waals surface area (Å²) in [5.41, 5.74) is 6.87. The molecule has 3 heterocycles. The molecule has 1 saturated heterocycles. The van der Waals surface area contributed by atoms with E-state index in [2.05, 4.69) is 69.9 Å². The maximum absolute atomic E-state index is 9.73. The van der Waals surface area contributed by atoms with Crippen molar-refractivity contribution in [2.45, 2.75) is 13.0 Å². The van der Waals surface area contributed by atoms with E-state index in [1.807, 2.05) is 30.3 Å². The molecule has 0 spiro atoms. The highest BCUT2D eigenvalue weighted by Crippen LogP contribution is 2.30. The zero-order valence-corrected chi connectivity index (χ0v) is 18.4. The van der Waals surface area contributed by atoms with Crippen LogP contribution in [-0.4, -0.2) is 52.4 Å². The number of aromatic nitrogens is 2. The second-order valence-corrected chi connectivity index (χ2v) is 8.51. The van der Waals surface area contributed by atoms with Gasteiger partial charge in [-0.15, -0.1) is 0 Å². The Labute approximate surface area is 189 Å². The molecule has 0 aliphatic carbocycles. The van der Waals surface area contributed by atoms with Gasteiger partial charge in [-0.1, -0.05) is 48.5 Å². The Morgan fingerprint density at radius 1 is 0.875 bits per heavy atom. The van der Waals surface area contributed by atoms with Crippen molar-refractivity contribution in [1.29, 1.82) is 5.26 Å². The van der Waals surface area contributed by atoms with Gasteiger partial charge >= 0.3 is 0 Å². The predicted molar refractivity (Wildman–Crippen MR) is 128 cm³/mol. The van der Waals surface area contributed by atoms with Gasteiger partial charge in [0.05, 0.1) is 23.0 Å². The number of pyridine rings is 1. The smallest absolute Gasteiger partial charge is 0.137 e. The summed E-state index contributed by atoms with van der Waals surface area (Å²) in [6.45, 7) is 5.10. The summed E-state index contributed by atoms with van der Waals surface area (Å²) in [5.74, 6) is 0. The third-order valence-electron chi connectivity index (χ3n) is 6.31. The Balaban J connectivity index is 1.65. The highest BCUT2D eigenvalue weighted by Gasteiger charge is 2.21. The van der Waals surface area contributed by atoms with Crippen molar-refractivity contribution in [3.05, 3.63) is 84.2 Å². The van der Waals surface area contributed by atoms with Crippen molar-refractivity contribution in [1.82, 2.24) is 19.2 Å². The maximum atomic E-state index is 9.73. The summed E-state index contributed by atoms with van der Waals surface area (Å²) in [7, 11) is 2.19. The Hall–Kier alpha value is -3.46. The minimum absolute atomic E-state index is 0.663. The Morgan fingerprint density at radius 3 is 2.53 bits per heavy atom. The number of hydrogen-bond donors (Lipinski definition) is 0. The summed E-state index contributed by atoms with van der Waals surface area (Å²) >= 11 is 0. The van der Waals surface area contributed by atoms with Gasteiger partial charge in [0.15, 0.2) is 0 Å². The molecule has 0 saturated carbocycles. The lowest BCUT2D eigenvalue weighted by atomic mass is 10.0. The molecule has 32 heavy (non-hydrogen) atoms. The third-order valence-corrected chi connectivity index (χ3v) is 6.31. The van der Waals surface area contributed by atoms with Crippen LogP contribution in [0.3, 0.4) is 0 Å². The van der Waals surface area contributed by atoms with E-state index in [1.165, 1.54) is 5.56 Å². The number of benzene rings is 2. The van der Waals surface area contributed by atoms with Crippen molar-refractivity contribution in [2.24, 2.45) is 0 Å². The zero-order valence-electron chi connectivity index (χ0n) is 18.4. The van der Waals surface area contributed by atoms with Crippen molar-refractivity contribution in [3.8, 4) is 28.5 Å². The first-order valence-corrected chi connectivity index (χ1v) is 11.2. The lowest BCUT2D eigenvalue weighted by Gasteiger charge is -2.21. The first-order chi connectivity index (χ1) is 15.7. The largest absolute Gasteiger partial charge is 0.305 e. The summed E-state index contributed by atoms with van der Waals surface area (Å²) in [6.07, 6.45) is 3.35. The molecule has 0 unspecified atom stereocenters. The monoisotopic (exact) mass is 421 g/mol. The maximum Gasteiger partial charge on any atom is 0.137 e. The van der Waals surface area contributed by atoms with E-state index in [4.69, 9.17) is 4.98 Å². The number of fused-ring (bicyclic) bond motifs is 1. The molecule has 1 fully saturated rings. The van der Waals surface area contributed by atoms with Gasteiger partial charge in [0, 0.05) is 31.4 Å². The molecular weight excluding hydrogens is 394 g/mol. The van der Waals surface area contributed by atoms with Crippen molar-refractivity contribution < 1.29 is 0 Å². The van der Waals surface area contributed by atoms with E-state index >= 15 is 0 Å². The third kappa shape index (κ3) is 4.03. The molecule has 0 amide bonds. The van der Waals surface area contributed by atoms with Gasteiger partial charge in [-0.2, -0.15) is 5.26 Å². The molecule has 0 atom stereocenters. The molecule has 0 radical (unpaired) electrons. The van der Waals surface area contributed by atoms with Crippen LogP contribution in [0.1, 0.15) is 17.7 Å². The van der Waals surface area contributed by atoms with Crippen LogP contribution in [-0.2, 0) is 6.54 Å². The first-order valence-electron chi connectivity index (χ1n) is 11.2. The van der Waals surface area contributed by atoms with E-state index in [9.17, 15) is 5.26 Å². The number of nitrogens with zero attached hydrogens (tertiary/aromatic N) is 5. The van der Waals surface area contributed by atoms with Gasteiger partial charge in [-0.05, 0) is 55.9 Å². The number of nitriles is 1. The lowest BCUT2D eigenvalue weighted by molar-refractivity contribution is 0.266. The quantitative estimate of drug-likeness (QED) is 0.480. The number of imidazole rings is 1. The first kappa shape index (κ1) is 20.4. The summed E-state index contributed by atoms with van der Waals surface area (Å²) in [5, 5.41) is 9.73. The highest BCUT2D eigenvalue weighted by atomic mass is 15.2. The van der Waals surface area contributed by atoms with Gasteiger partial charge in [0.25, 0.3) is 0 Å². The van der Waals surface area contributed by atoms with Crippen molar-refractivity contribution >= 4 is 5.65 Å². The van der Waals surface area contributed by atoms with Crippen LogP contribution in [0.4, 0.5) is 0 Å². The van der Waals surface area contributed by atoms with Crippen LogP contribution in [0.15, 0.2) is 72.9 Å². The van der Waals surface area contributed by atoms with Gasteiger partial charge in [-0.25, -0.2) is 4.98 Å². The van der Waals surface area contributed by atoms with Crippen LogP contribution in [0.2, 0.25) is 0 Å². The van der Waals surface area contributed by atoms with Gasteiger partial charge in [0.1, 0.15) is 5.65 Å². The lowest BCUT2D eigenvalue weighted by Crippen LogP contribution is -2.29. The molecule has 1 aliphatic heterocycles. The topological polar surface area (TPSA) is 47.6 Å². The Kier molecular flexibility index (Phi) is 5.72. The Bertz CT molecular complexity index is 1270. The van der Waals surface area contributed by atoms with Crippen molar-refractivity contribution in [3.63, 3.8) is 0 Å². The van der Waals surface area contributed by atoms with Gasteiger partial charge in [0.2, 0.25) is 0 Å². The number of likely N-dealkylation sites (N-methyl/N-ethyl adjacent to an activating group) is 1.